The molecule has 4 aliphatic rings. The molecule has 250 valence electrons. The van der Waals surface area contributed by atoms with Gasteiger partial charge >= 0.3 is 0 Å². The van der Waals surface area contributed by atoms with Crippen molar-refractivity contribution >= 4 is 8.80 Å². The molecule has 50 heavy (non-hydrogen) atoms. The highest BCUT2D eigenvalue weighted by Gasteiger charge is 2.43. The van der Waals surface area contributed by atoms with E-state index >= 15 is 0 Å². The van der Waals surface area contributed by atoms with Crippen molar-refractivity contribution in [2.45, 2.75) is 76.1 Å². The molecule has 0 spiro atoms. The number of aliphatic hydroxyl groups is 1. The minimum Gasteiger partial charge on any atom is -0.376 e. The Kier molecular flexibility index (Phi) is 8.93. The Morgan fingerprint density at radius 1 is 0.500 bits per heavy atom. The van der Waals surface area contributed by atoms with E-state index < -0.39 is 5.60 Å². The van der Waals surface area contributed by atoms with Gasteiger partial charge in [-0.15, -0.1) is 0 Å². The van der Waals surface area contributed by atoms with E-state index in [0.29, 0.717) is 5.92 Å². The summed E-state index contributed by atoms with van der Waals surface area (Å²) in [6.07, 6.45) is 4.80. The maximum Gasteiger partial charge on any atom is 0.141 e. The van der Waals surface area contributed by atoms with Crippen molar-refractivity contribution in [3.05, 3.63) is 189 Å². The minimum absolute atomic E-state index is 0.171. The molecule has 2 heteroatoms. The van der Waals surface area contributed by atoms with Crippen LogP contribution in [0.4, 0.5) is 0 Å². The summed E-state index contributed by atoms with van der Waals surface area (Å²) >= 11 is 0. The maximum absolute atomic E-state index is 11.7. The van der Waals surface area contributed by atoms with E-state index in [9.17, 15) is 5.11 Å². The van der Waals surface area contributed by atoms with Crippen molar-refractivity contribution in [3.63, 3.8) is 0 Å². The van der Waals surface area contributed by atoms with Crippen molar-refractivity contribution in [2.75, 3.05) is 0 Å². The van der Waals surface area contributed by atoms with Gasteiger partial charge in [0.25, 0.3) is 0 Å². The standard InChI is InChI=1S/C21H16O.C21H16.C6H16Si/c22-21(16-12-11-14-9-10-15(14)13-16)19-7-3-1-5-17(19)18-6-2-4-8-20(18)21;1-3-7-19-17(5-1)18-6-2-4-8-20(18)21(19)16-12-10-14-9-11-15(14)13-16;1-4-7(5-2)6-3/h1-8,11-13,22H,9-10H2;1-8,10,12-13,21H,9,11H2;7H,4-6H2,1-3H3. The normalized spacial score (nSPS) is 15.0. The Hall–Kier alpha value is -4.50. The molecule has 6 aromatic rings. The molecular formula is C48H48OSi. The third-order valence-corrected chi connectivity index (χ3v) is 15.5. The molecular weight excluding hydrogens is 621 g/mol. The lowest BCUT2D eigenvalue weighted by Crippen LogP contribution is -2.27. The zero-order valence-corrected chi connectivity index (χ0v) is 30.9. The number of hydrogen-bond donors (Lipinski definition) is 1. The Bertz CT molecular complexity index is 2080. The van der Waals surface area contributed by atoms with Gasteiger partial charge in [0.2, 0.25) is 0 Å². The summed E-state index contributed by atoms with van der Waals surface area (Å²) in [5, 5.41) is 11.7. The van der Waals surface area contributed by atoms with Crippen LogP contribution in [0.1, 0.15) is 82.3 Å². The second kappa shape index (κ2) is 13.7. The monoisotopic (exact) mass is 668 g/mol. The summed E-state index contributed by atoms with van der Waals surface area (Å²) in [5.41, 5.74) is 17.3. The van der Waals surface area contributed by atoms with Gasteiger partial charge in [0, 0.05) is 25.8 Å². The van der Waals surface area contributed by atoms with Crippen LogP contribution in [-0.4, -0.2) is 13.9 Å². The van der Waals surface area contributed by atoms with Gasteiger partial charge in [-0.3, -0.25) is 0 Å². The number of fused-ring (bicyclic) bond motifs is 8. The van der Waals surface area contributed by atoms with Crippen LogP contribution in [0.15, 0.2) is 133 Å². The summed E-state index contributed by atoms with van der Waals surface area (Å²) in [7, 11) is -0.171. The molecule has 4 aliphatic carbocycles. The first-order chi connectivity index (χ1) is 24.5. The predicted molar refractivity (Wildman–Crippen MR) is 213 cm³/mol. The van der Waals surface area contributed by atoms with Gasteiger partial charge in [-0.25, -0.2) is 0 Å². The number of aryl methyl sites for hydroxylation is 4. The van der Waals surface area contributed by atoms with E-state index in [1.54, 1.807) is 11.1 Å². The van der Waals surface area contributed by atoms with E-state index in [2.05, 4.69) is 130 Å². The molecule has 0 fully saturated rings. The van der Waals surface area contributed by atoms with Gasteiger partial charge in [-0.1, -0.05) is 172 Å². The lowest BCUT2D eigenvalue weighted by molar-refractivity contribution is 0.130. The van der Waals surface area contributed by atoms with Crippen LogP contribution in [0.5, 0.6) is 0 Å². The Labute approximate surface area is 300 Å². The minimum atomic E-state index is -1.03. The molecule has 0 aliphatic heterocycles. The highest BCUT2D eigenvalue weighted by Crippen LogP contribution is 2.51. The molecule has 0 amide bonds. The van der Waals surface area contributed by atoms with Gasteiger partial charge < -0.3 is 5.11 Å². The summed E-state index contributed by atoms with van der Waals surface area (Å²) in [6, 6.07) is 52.2. The lowest BCUT2D eigenvalue weighted by Gasteiger charge is -2.29. The number of rotatable bonds is 5. The van der Waals surface area contributed by atoms with E-state index in [4.69, 9.17) is 0 Å². The first-order valence-corrected chi connectivity index (χ1v) is 21.3. The third-order valence-electron chi connectivity index (χ3n) is 12.0. The van der Waals surface area contributed by atoms with Gasteiger partial charge in [-0.2, -0.15) is 0 Å². The van der Waals surface area contributed by atoms with Crippen molar-refractivity contribution in [3.8, 4) is 22.3 Å². The largest absolute Gasteiger partial charge is 0.376 e. The van der Waals surface area contributed by atoms with Crippen LogP contribution in [0.25, 0.3) is 22.3 Å². The van der Waals surface area contributed by atoms with Gasteiger partial charge in [-0.05, 0) is 92.4 Å². The molecule has 0 saturated heterocycles. The summed E-state index contributed by atoms with van der Waals surface area (Å²) in [4.78, 5) is 0. The molecule has 10 rings (SSSR count). The quantitative estimate of drug-likeness (QED) is 0.181. The van der Waals surface area contributed by atoms with Crippen LogP contribution < -0.4 is 0 Å². The molecule has 0 atom stereocenters. The summed E-state index contributed by atoms with van der Waals surface area (Å²) < 4.78 is 0. The van der Waals surface area contributed by atoms with Gasteiger partial charge in [0.1, 0.15) is 5.60 Å². The average Bonchev–Trinajstić information content (AvgIpc) is 3.61. The van der Waals surface area contributed by atoms with E-state index in [1.165, 1.54) is 76.3 Å². The van der Waals surface area contributed by atoms with Crippen molar-refractivity contribution in [1.82, 2.24) is 0 Å². The Morgan fingerprint density at radius 2 is 0.940 bits per heavy atom. The molecule has 0 radical (unpaired) electrons. The van der Waals surface area contributed by atoms with Crippen molar-refractivity contribution < 1.29 is 5.11 Å². The smallest absolute Gasteiger partial charge is 0.141 e. The maximum atomic E-state index is 11.7. The van der Waals surface area contributed by atoms with Gasteiger partial charge in [0.15, 0.2) is 0 Å². The Balaban J connectivity index is 0.000000122. The SMILES string of the molecule is CC[SiH](CC)CC.OC1(c2ccc3c(c2)CC3)c2ccccc2-c2ccccc21.c1ccc2c(c1)-c1ccccc1C2c1ccc2c(c1)CC2. The molecule has 1 nitrogen and oxygen atoms in total. The summed E-state index contributed by atoms with van der Waals surface area (Å²) in [5.74, 6) is 0.406. The molecule has 0 saturated carbocycles. The fourth-order valence-corrected chi connectivity index (χ4v) is 10.5. The molecule has 0 aromatic heterocycles. The zero-order chi connectivity index (χ0) is 34.2. The second-order valence-corrected chi connectivity index (χ2v) is 18.7. The topological polar surface area (TPSA) is 20.2 Å². The van der Waals surface area contributed by atoms with Crippen LogP contribution in [-0.2, 0) is 31.3 Å². The first-order valence-electron chi connectivity index (χ1n) is 18.9. The predicted octanol–water partition coefficient (Wildman–Crippen LogP) is 11.3. The lowest BCUT2D eigenvalue weighted by atomic mass is 9.79. The van der Waals surface area contributed by atoms with E-state index in [1.807, 2.05) is 24.3 Å². The van der Waals surface area contributed by atoms with Crippen LogP contribution in [0, 0.1) is 0 Å². The van der Waals surface area contributed by atoms with Crippen molar-refractivity contribution in [1.29, 1.82) is 0 Å². The van der Waals surface area contributed by atoms with Crippen LogP contribution in [0.3, 0.4) is 0 Å². The fourth-order valence-electron chi connectivity index (χ4n) is 8.72. The molecule has 1 N–H and O–H groups in total. The average molecular weight is 669 g/mol. The summed E-state index contributed by atoms with van der Waals surface area (Å²) in [6.45, 7) is 6.97. The molecule has 0 bridgehead atoms. The molecule has 0 unspecified atom stereocenters. The van der Waals surface area contributed by atoms with E-state index in [-0.39, 0.29) is 8.80 Å². The van der Waals surface area contributed by atoms with Crippen LogP contribution in [0.2, 0.25) is 18.1 Å². The molecule has 6 aromatic carbocycles. The van der Waals surface area contributed by atoms with Crippen molar-refractivity contribution in [2.24, 2.45) is 0 Å². The first kappa shape index (κ1) is 32.7. The second-order valence-electron chi connectivity index (χ2n) is 14.5. The van der Waals surface area contributed by atoms with E-state index in [0.717, 1.165) is 34.2 Å². The third kappa shape index (κ3) is 5.50. The van der Waals surface area contributed by atoms with Gasteiger partial charge in [0.05, 0.1) is 0 Å². The number of benzene rings is 6. The molecule has 0 heterocycles. The van der Waals surface area contributed by atoms with Crippen LogP contribution >= 0.6 is 0 Å². The highest BCUT2D eigenvalue weighted by atomic mass is 28.3. The highest BCUT2D eigenvalue weighted by molar-refractivity contribution is 6.58. The Morgan fingerprint density at radius 3 is 1.38 bits per heavy atom. The number of hydrogen-bond acceptors (Lipinski definition) is 1. The zero-order valence-electron chi connectivity index (χ0n) is 29.8. The fraction of sp³-hybridized carbons (Fsp3) is 0.250.